The van der Waals surface area contributed by atoms with Gasteiger partial charge in [-0.15, -0.1) is 0 Å². The molecule has 0 bridgehead atoms. The van der Waals surface area contributed by atoms with Gasteiger partial charge in [-0.1, -0.05) is 0 Å². The van der Waals surface area contributed by atoms with Crippen LogP contribution in [-0.4, -0.2) is 82.5 Å². The summed E-state index contributed by atoms with van der Waals surface area (Å²) < 4.78 is 6.13. The zero-order valence-corrected chi connectivity index (χ0v) is 17.9. The number of aromatic nitrogens is 2. The summed E-state index contributed by atoms with van der Waals surface area (Å²) in [6.07, 6.45) is 0. The van der Waals surface area contributed by atoms with Gasteiger partial charge in [0.25, 0.3) is 5.56 Å². The van der Waals surface area contributed by atoms with E-state index in [9.17, 15) is 19.5 Å². The van der Waals surface area contributed by atoms with E-state index in [1.54, 1.807) is 38.1 Å². The van der Waals surface area contributed by atoms with Crippen LogP contribution < -0.4 is 16.0 Å². The van der Waals surface area contributed by atoms with Crippen LogP contribution in [0.5, 0.6) is 11.6 Å². The predicted octanol–water partition coefficient (Wildman–Crippen LogP) is 0.213. The predicted molar refractivity (Wildman–Crippen MR) is 117 cm³/mol. The Labute approximate surface area is 179 Å². The number of carbonyl (C=O) groups is 1. The van der Waals surface area contributed by atoms with Crippen LogP contribution in [0.1, 0.15) is 19.4 Å². The summed E-state index contributed by atoms with van der Waals surface area (Å²) in [5.74, 6) is 0.216. The summed E-state index contributed by atoms with van der Waals surface area (Å²) in [6.45, 7) is 7.19. The lowest BCUT2D eigenvalue weighted by Crippen LogP contribution is -2.48. The summed E-state index contributed by atoms with van der Waals surface area (Å²) in [5.41, 5.74) is -0.756. The number of aromatic amines is 1. The second-order valence-electron chi connectivity index (χ2n) is 7.31. The van der Waals surface area contributed by atoms with E-state index in [1.807, 2.05) is 4.90 Å². The van der Waals surface area contributed by atoms with E-state index in [0.717, 1.165) is 17.7 Å². The second kappa shape index (κ2) is 9.61. The molecular formula is C21H27N5O5. The smallest absolute Gasteiger partial charge is 0.335 e. The summed E-state index contributed by atoms with van der Waals surface area (Å²) in [7, 11) is 1.53. The van der Waals surface area contributed by atoms with Gasteiger partial charge in [-0.3, -0.25) is 24.5 Å². The number of carbonyl (C=O) groups excluding carboxylic acids is 1. The van der Waals surface area contributed by atoms with Crippen LogP contribution in [0.4, 0.5) is 0 Å². The maximum absolute atomic E-state index is 12.4. The molecule has 1 aliphatic rings. The minimum Gasteiger partial charge on any atom is -0.497 e. The Kier molecular flexibility index (Phi) is 6.91. The number of piperazine rings is 1. The Morgan fingerprint density at radius 1 is 1.13 bits per heavy atom. The van der Waals surface area contributed by atoms with Gasteiger partial charge in [-0.25, -0.2) is 9.36 Å². The number of benzene rings is 1. The topological polar surface area (TPSA) is 120 Å². The zero-order chi connectivity index (χ0) is 22.5. The Morgan fingerprint density at radius 2 is 1.77 bits per heavy atom. The molecule has 1 aliphatic heterocycles. The lowest BCUT2D eigenvalue weighted by molar-refractivity contribution is -0.130. The first-order chi connectivity index (χ1) is 14.8. The fourth-order valence-corrected chi connectivity index (χ4v) is 3.55. The van der Waals surface area contributed by atoms with Crippen molar-refractivity contribution in [3.05, 3.63) is 50.7 Å². The van der Waals surface area contributed by atoms with Crippen LogP contribution in [0, 0.1) is 0 Å². The highest BCUT2D eigenvalue weighted by atomic mass is 16.5. The molecule has 2 N–H and O–H groups in total. The average molecular weight is 429 g/mol. The molecule has 0 aliphatic carbocycles. The van der Waals surface area contributed by atoms with Crippen molar-refractivity contribution >= 4 is 11.6 Å². The molecule has 1 saturated heterocycles. The average Bonchev–Trinajstić information content (AvgIpc) is 2.74. The molecule has 1 aromatic heterocycles. The van der Waals surface area contributed by atoms with Gasteiger partial charge in [-0.2, -0.15) is 0 Å². The van der Waals surface area contributed by atoms with Crippen molar-refractivity contribution in [2.45, 2.75) is 13.8 Å². The molecule has 1 aromatic carbocycles. The van der Waals surface area contributed by atoms with Crippen LogP contribution >= 0.6 is 0 Å². The minimum absolute atomic E-state index is 0.0446. The molecular weight excluding hydrogens is 402 g/mol. The van der Waals surface area contributed by atoms with E-state index in [2.05, 4.69) is 14.9 Å². The third kappa shape index (κ3) is 5.02. The van der Waals surface area contributed by atoms with E-state index >= 15 is 0 Å². The normalized spacial score (nSPS) is 15.2. The van der Waals surface area contributed by atoms with Crippen LogP contribution in [-0.2, 0) is 4.79 Å². The summed E-state index contributed by atoms with van der Waals surface area (Å²) in [4.78, 5) is 46.8. The number of methoxy groups -OCH3 is 1. The van der Waals surface area contributed by atoms with E-state index < -0.39 is 17.1 Å². The number of H-pyrrole nitrogens is 1. The molecule has 2 aromatic rings. The lowest BCUT2D eigenvalue weighted by Gasteiger charge is -2.33. The molecule has 0 saturated carbocycles. The van der Waals surface area contributed by atoms with Crippen molar-refractivity contribution < 1.29 is 14.6 Å². The van der Waals surface area contributed by atoms with Crippen molar-refractivity contribution in [3.8, 4) is 17.3 Å². The van der Waals surface area contributed by atoms with Crippen molar-refractivity contribution in [1.82, 2.24) is 19.4 Å². The van der Waals surface area contributed by atoms with Gasteiger partial charge < -0.3 is 14.7 Å². The van der Waals surface area contributed by atoms with E-state index in [4.69, 9.17) is 4.74 Å². The lowest BCUT2D eigenvalue weighted by atomic mass is 10.2. The maximum atomic E-state index is 12.4. The van der Waals surface area contributed by atoms with Gasteiger partial charge in [0, 0.05) is 45.4 Å². The van der Waals surface area contributed by atoms with Gasteiger partial charge >= 0.3 is 5.69 Å². The minimum atomic E-state index is -0.743. The van der Waals surface area contributed by atoms with E-state index in [1.165, 1.54) is 7.11 Å². The van der Waals surface area contributed by atoms with Crippen LogP contribution in [0.2, 0.25) is 0 Å². The molecule has 166 valence electrons. The SMILES string of the molecule is COc1ccc(-n2c(O)c(C(C)=NCCN3CCN(C(C)=O)CC3)c(=O)[nH]c2=O)cc1. The standard InChI is InChI=1S/C21H27N5O5/c1-14(22-8-9-24-10-12-25(13-11-24)15(2)27)18-19(28)23-21(30)26(20(18)29)16-4-6-17(31-3)7-5-16/h4-7,29H,8-13H2,1-3H3,(H,23,28,30). The number of nitrogens with zero attached hydrogens (tertiary/aromatic N) is 4. The first-order valence-electron chi connectivity index (χ1n) is 10.0. The van der Waals surface area contributed by atoms with Crippen LogP contribution in [0.25, 0.3) is 5.69 Å². The van der Waals surface area contributed by atoms with Gasteiger partial charge in [0.15, 0.2) is 0 Å². The third-order valence-electron chi connectivity index (χ3n) is 5.36. The maximum Gasteiger partial charge on any atom is 0.335 e. The Morgan fingerprint density at radius 3 is 2.35 bits per heavy atom. The molecule has 1 amide bonds. The molecule has 1 fully saturated rings. The first kappa shape index (κ1) is 22.3. The fourth-order valence-electron chi connectivity index (χ4n) is 3.55. The number of hydrogen-bond acceptors (Lipinski definition) is 7. The fraction of sp³-hybridized carbons (Fsp3) is 0.429. The van der Waals surface area contributed by atoms with Crippen molar-refractivity contribution in [2.75, 3.05) is 46.4 Å². The Bertz CT molecular complexity index is 1080. The molecule has 0 atom stereocenters. The highest BCUT2D eigenvalue weighted by Gasteiger charge is 2.19. The Hall–Kier alpha value is -3.40. The second-order valence-corrected chi connectivity index (χ2v) is 7.31. The van der Waals surface area contributed by atoms with Gasteiger partial charge in [0.2, 0.25) is 11.8 Å². The number of ether oxygens (including phenoxy) is 1. The van der Waals surface area contributed by atoms with Crippen molar-refractivity contribution in [1.29, 1.82) is 0 Å². The molecule has 10 nitrogen and oxygen atoms in total. The third-order valence-corrected chi connectivity index (χ3v) is 5.36. The number of amides is 1. The summed E-state index contributed by atoms with van der Waals surface area (Å²) >= 11 is 0. The molecule has 31 heavy (non-hydrogen) atoms. The molecule has 10 heteroatoms. The molecule has 2 heterocycles. The number of aromatic hydroxyl groups is 1. The molecule has 0 radical (unpaired) electrons. The van der Waals surface area contributed by atoms with E-state index in [-0.39, 0.29) is 11.5 Å². The highest BCUT2D eigenvalue weighted by Crippen LogP contribution is 2.19. The summed E-state index contributed by atoms with van der Waals surface area (Å²) in [6, 6.07) is 6.52. The van der Waals surface area contributed by atoms with Gasteiger partial charge in [-0.05, 0) is 31.2 Å². The van der Waals surface area contributed by atoms with Crippen molar-refractivity contribution in [2.24, 2.45) is 4.99 Å². The van der Waals surface area contributed by atoms with E-state index in [0.29, 0.717) is 43.3 Å². The quantitative estimate of drug-likeness (QED) is 0.634. The number of hydrogen-bond donors (Lipinski definition) is 2. The molecule has 0 unspecified atom stereocenters. The number of aliphatic imine (C=N–C) groups is 1. The molecule has 0 spiro atoms. The highest BCUT2D eigenvalue weighted by molar-refractivity contribution is 6.00. The van der Waals surface area contributed by atoms with Crippen molar-refractivity contribution in [3.63, 3.8) is 0 Å². The summed E-state index contributed by atoms with van der Waals surface area (Å²) in [5, 5.41) is 10.7. The monoisotopic (exact) mass is 429 g/mol. The van der Waals surface area contributed by atoms with Crippen LogP contribution in [0.15, 0.2) is 38.8 Å². The van der Waals surface area contributed by atoms with Crippen LogP contribution in [0.3, 0.4) is 0 Å². The Balaban J connectivity index is 1.77. The number of nitrogens with one attached hydrogen (secondary N) is 1. The molecule has 3 rings (SSSR count). The van der Waals surface area contributed by atoms with Gasteiger partial charge in [0.1, 0.15) is 11.3 Å². The first-order valence-corrected chi connectivity index (χ1v) is 10.0. The largest absolute Gasteiger partial charge is 0.497 e. The van der Waals surface area contributed by atoms with Gasteiger partial charge in [0.05, 0.1) is 19.3 Å². The number of rotatable bonds is 6. The zero-order valence-electron chi connectivity index (χ0n) is 17.9.